The maximum atomic E-state index is 5.35. The lowest BCUT2D eigenvalue weighted by Gasteiger charge is -2.03. The van der Waals surface area contributed by atoms with Crippen LogP contribution < -0.4 is 0 Å². The normalized spacial score (nSPS) is 11.1. The van der Waals surface area contributed by atoms with Crippen LogP contribution >= 0.6 is 11.8 Å². The summed E-state index contributed by atoms with van der Waals surface area (Å²) in [6.07, 6.45) is 2.62. The van der Waals surface area contributed by atoms with Gasteiger partial charge in [0.25, 0.3) is 0 Å². The molecule has 3 heterocycles. The molecule has 21 heavy (non-hydrogen) atoms. The highest BCUT2D eigenvalue weighted by Crippen LogP contribution is 2.24. The zero-order chi connectivity index (χ0) is 14.7. The van der Waals surface area contributed by atoms with Crippen molar-refractivity contribution in [3.8, 4) is 11.6 Å². The van der Waals surface area contributed by atoms with E-state index in [0.717, 1.165) is 23.9 Å². The van der Waals surface area contributed by atoms with E-state index in [-0.39, 0.29) is 0 Å². The largest absolute Gasteiger partial charge is 0.461 e. The van der Waals surface area contributed by atoms with Crippen LogP contribution in [-0.2, 0) is 19.3 Å². The van der Waals surface area contributed by atoms with Crippen LogP contribution in [0.25, 0.3) is 11.6 Å². The average molecular weight is 305 g/mol. The number of thioether (sulfide) groups is 1. The van der Waals surface area contributed by atoms with E-state index in [1.54, 1.807) is 18.0 Å². The first-order chi connectivity index (χ1) is 10.3. The smallest absolute Gasteiger partial charge is 0.200 e. The molecule has 0 aliphatic carbocycles. The molecule has 0 amide bonds. The summed E-state index contributed by atoms with van der Waals surface area (Å²) in [4.78, 5) is 0. The maximum absolute atomic E-state index is 5.35. The van der Waals surface area contributed by atoms with Crippen LogP contribution in [0.5, 0.6) is 0 Å². The Kier molecular flexibility index (Phi) is 4.00. The SMILES string of the molecule is CCCn1nnnc1CSc1nnc(-c2ccco2)n1C. The Morgan fingerprint density at radius 3 is 2.95 bits per heavy atom. The van der Waals surface area contributed by atoms with Gasteiger partial charge in [-0.3, -0.25) is 0 Å². The standard InChI is InChI=1S/C12H15N7OS/c1-3-6-19-10(13-16-17-19)8-21-12-15-14-11(18(12)2)9-5-4-7-20-9/h4-5,7H,3,6,8H2,1-2H3. The van der Waals surface area contributed by atoms with Crippen LogP contribution in [0, 0.1) is 0 Å². The Bertz CT molecular complexity index is 703. The molecule has 0 bridgehead atoms. The summed E-state index contributed by atoms with van der Waals surface area (Å²) in [5, 5.41) is 20.9. The van der Waals surface area contributed by atoms with E-state index < -0.39 is 0 Å². The first kappa shape index (κ1) is 13.8. The second-order valence-electron chi connectivity index (χ2n) is 4.45. The van der Waals surface area contributed by atoms with Crippen molar-refractivity contribution in [2.75, 3.05) is 0 Å². The Hall–Kier alpha value is -2.16. The van der Waals surface area contributed by atoms with Crippen LogP contribution in [0.3, 0.4) is 0 Å². The van der Waals surface area contributed by atoms with Crippen molar-refractivity contribution in [3.63, 3.8) is 0 Å². The minimum absolute atomic E-state index is 0.650. The third-order valence-corrected chi connectivity index (χ3v) is 3.96. The summed E-state index contributed by atoms with van der Waals surface area (Å²) >= 11 is 1.55. The number of aryl methyl sites for hydroxylation is 1. The molecule has 0 atom stereocenters. The molecule has 0 radical (unpaired) electrons. The van der Waals surface area contributed by atoms with Crippen molar-refractivity contribution in [1.82, 2.24) is 35.0 Å². The molecule has 0 unspecified atom stereocenters. The molecule has 3 aromatic heterocycles. The fourth-order valence-electron chi connectivity index (χ4n) is 1.90. The molecule has 9 heteroatoms. The number of furan rings is 1. The van der Waals surface area contributed by atoms with Crippen LogP contribution in [0.15, 0.2) is 28.0 Å². The third kappa shape index (κ3) is 2.82. The molecule has 0 N–H and O–H groups in total. The van der Waals surface area contributed by atoms with Gasteiger partial charge in [0.1, 0.15) is 0 Å². The average Bonchev–Trinajstić information content (AvgIpc) is 3.19. The maximum Gasteiger partial charge on any atom is 0.200 e. The van der Waals surface area contributed by atoms with Crippen LogP contribution in [0.1, 0.15) is 19.2 Å². The van der Waals surface area contributed by atoms with Gasteiger partial charge in [-0.2, -0.15) is 0 Å². The van der Waals surface area contributed by atoms with E-state index in [0.29, 0.717) is 17.3 Å². The van der Waals surface area contributed by atoms with E-state index in [4.69, 9.17) is 4.42 Å². The number of tetrazole rings is 1. The van der Waals surface area contributed by atoms with Gasteiger partial charge < -0.3 is 8.98 Å². The zero-order valence-corrected chi connectivity index (χ0v) is 12.6. The van der Waals surface area contributed by atoms with E-state index in [2.05, 4.69) is 32.6 Å². The summed E-state index contributed by atoms with van der Waals surface area (Å²) < 4.78 is 9.06. The van der Waals surface area contributed by atoms with E-state index in [1.807, 2.05) is 28.4 Å². The van der Waals surface area contributed by atoms with Crippen molar-refractivity contribution >= 4 is 11.8 Å². The number of nitrogens with zero attached hydrogens (tertiary/aromatic N) is 7. The number of rotatable bonds is 6. The van der Waals surface area contributed by atoms with Gasteiger partial charge in [0.15, 0.2) is 22.6 Å². The lowest BCUT2D eigenvalue weighted by atomic mass is 10.4. The third-order valence-electron chi connectivity index (χ3n) is 2.95. The summed E-state index contributed by atoms with van der Waals surface area (Å²) in [5.74, 6) is 2.89. The summed E-state index contributed by atoms with van der Waals surface area (Å²) in [6, 6.07) is 3.69. The van der Waals surface area contributed by atoms with Gasteiger partial charge in [0.05, 0.1) is 12.0 Å². The molecule has 0 saturated heterocycles. The summed E-state index contributed by atoms with van der Waals surface area (Å²) in [7, 11) is 1.91. The second kappa shape index (κ2) is 6.08. The molecular formula is C12H15N7OS. The molecule has 110 valence electrons. The van der Waals surface area contributed by atoms with Crippen molar-refractivity contribution in [2.24, 2.45) is 7.05 Å². The Morgan fingerprint density at radius 1 is 1.29 bits per heavy atom. The molecule has 0 spiro atoms. The van der Waals surface area contributed by atoms with Gasteiger partial charge in [0.2, 0.25) is 0 Å². The van der Waals surface area contributed by atoms with Gasteiger partial charge in [-0.1, -0.05) is 18.7 Å². The summed E-state index contributed by atoms with van der Waals surface area (Å²) in [6.45, 7) is 2.91. The lowest BCUT2D eigenvalue weighted by molar-refractivity contribution is 0.564. The number of hydrogen-bond donors (Lipinski definition) is 0. The number of aromatic nitrogens is 7. The molecule has 0 aliphatic heterocycles. The van der Waals surface area contributed by atoms with Crippen molar-refractivity contribution in [2.45, 2.75) is 30.8 Å². The van der Waals surface area contributed by atoms with Gasteiger partial charge in [-0.15, -0.1) is 15.3 Å². The fraction of sp³-hybridized carbons (Fsp3) is 0.417. The van der Waals surface area contributed by atoms with Gasteiger partial charge in [0, 0.05) is 13.6 Å². The van der Waals surface area contributed by atoms with E-state index >= 15 is 0 Å². The predicted molar refractivity (Wildman–Crippen MR) is 76.4 cm³/mol. The number of hydrogen-bond acceptors (Lipinski definition) is 7. The molecule has 0 fully saturated rings. The second-order valence-corrected chi connectivity index (χ2v) is 5.39. The Labute approximate surface area is 125 Å². The molecule has 8 nitrogen and oxygen atoms in total. The van der Waals surface area contributed by atoms with E-state index in [9.17, 15) is 0 Å². The molecular weight excluding hydrogens is 290 g/mol. The molecule has 0 saturated carbocycles. The molecule has 3 aromatic rings. The van der Waals surface area contributed by atoms with Crippen molar-refractivity contribution in [3.05, 3.63) is 24.2 Å². The topological polar surface area (TPSA) is 87.4 Å². The quantitative estimate of drug-likeness (QED) is 0.641. The molecule has 0 aliphatic rings. The van der Waals surface area contributed by atoms with Crippen LogP contribution in [0.2, 0.25) is 0 Å². The van der Waals surface area contributed by atoms with Crippen molar-refractivity contribution < 1.29 is 4.42 Å². The highest BCUT2D eigenvalue weighted by molar-refractivity contribution is 7.98. The zero-order valence-electron chi connectivity index (χ0n) is 11.8. The lowest BCUT2D eigenvalue weighted by Crippen LogP contribution is -2.04. The molecule has 3 rings (SSSR count). The highest BCUT2D eigenvalue weighted by atomic mass is 32.2. The minimum atomic E-state index is 0.650. The fourth-order valence-corrected chi connectivity index (χ4v) is 2.75. The van der Waals surface area contributed by atoms with Gasteiger partial charge >= 0.3 is 0 Å². The van der Waals surface area contributed by atoms with Gasteiger partial charge in [-0.25, -0.2) is 4.68 Å². The predicted octanol–water partition coefficient (Wildman–Crippen LogP) is 1.76. The monoisotopic (exact) mass is 305 g/mol. The van der Waals surface area contributed by atoms with E-state index in [1.165, 1.54) is 0 Å². The molecule has 0 aromatic carbocycles. The first-order valence-corrected chi connectivity index (χ1v) is 7.59. The Balaban J connectivity index is 1.73. The van der Waals surface area contributed by atoms with Gasteiger partial charge in [-0.05, 0) is 29.0 Å². The minimum Gasteiger partial charge on any atom is -0.461 e. The summed E-state index contributed by atoms with van der Waals surface area (Å²) in [5.41, 5.74) is 0. The van der Waals surface area contributed by atoms with Crippen LogP contribution in [0.4, 0.5) is 0 Å². The Morgan fingerprint density at radius 2 is 2.19 bits per heavy atom. The van der Waals surface area contributed by atoms with Crippen molar-refractivity contribution in [1.29, 1.82) is 0 Å². The highest BCUT2D eigenvalue weighted by Gasteiger charge is 2.14. The van der Waals surface area contributed by atoms with Crippen LogP contribution in [-0.4, -0.2) is 35.0 Å². The first-order valence-electron chi connectivity index (χ1n) is 6.60.